The van der Waals surface area contributed by atoms with E-state index in [1.807, 2.05) is 12.1 Å². The second-order valence-electron chi connectivity index (χ2n) is 8.75. The van der Waals surface area contributed by atoms with Crippen molar-refractivity contribution in [2.24, 2.45) is 0 Å². The lowest BCUT2D eigenvalue weighted by atomic mass is 9.80. The van der Waals surface area contributed by atoms with Crippen LogP contribution < -0.4 is 0 Å². The van der Waals surface area contributed by atoms with Gasteiger partial charge >= 0.3 is 5.97 Å². The fourth-order valence-corrected chi connectivity index (χ4v) is 5.35. The summed E-state index contributed by atoms with van der Waals surface area (Å²) < 4.78 is 17.5. The van der Waals surface area contributed by atoms with Crippen LogP contribution in [0.15, 0.2) is 42.5 Å². The molecule has 5 heteroatoms. The molecule has 2 atom stereocenters. The molecule has 4 nitrogen and oxygen atoms in total. The molecule has 0 bridgehead atoms. The third-order valence-electron chi connectivity index (χ3n) is 6.82. The Morgan fingerprint density at radius 1 is 1.10 bits per heavy atom. The SMILES string of the molecule is CN1CCn2c(c([C@H]3CCCC[C@@H]3F)c3ccc(C(=O)O)cc32)-c2ccccc2C1. The molecule has 2 heterocycles. The number of fused-ring (bicyclic) bond motifs is 5. The van der Waals surface area contributed by atoms with Gasteiger partial charge in [-0.1, -0.05) is 43.2 Å². The normalized spacial score (nSPS) is 22.2. The highest BCUT2D eigenvalue weighted by Gasteiger charge is 2.33. The van der Waals surface area contributed by atoms with Crippen LogP contribution in [0.5, 0.6) is 0 Å². The van der Waals surface area contributed by atoms with Crippen molar-refractivity contribution in [1.82, 2.24) is 9.47 Å². The van der Waals surface area contributed by atoms with Gasteiger partial charge in [0, 0.05) is 42.0 Å². The van der Waals surface area contributed by atoms with E-state index in [0.29, 0.717) is 6.42 Å². The summed E-state index contributed by atoms with van der Waals surface area (Å²) in [7, 11) is 2.11. The predicted molar refractivity (Wildman–Crippen MR) is 117 cm³/mol. The van der Waals surface area contributed by atoms with Gasteiger partial charge in [0.25, 0.3) is 0 Å². The quantitative estimate of drug-likeness (QED) is 0.616. The molecule has 2 aromatic carbocycles. The average molecular weight is 407 g/mol. The van der Waals surface area contributed by atoms with Crippen molar-refractivity contribution in [3.05, 3.63) is 59.2 Å². The number of hydrogen-bond acceptors (Lipinski definition) is 2. The smallest absolute Gasteiger partial charge is 0.335 e. The molecule has 1 fully saturated rings. The van der Waals surface area contributed by atoms with Crippen molar-refractivity contribution in [3.8, 4) is 11.3 Å². The first-order chi connectivity index (χ1) is 14.5. The van der Waals surface area contributed by atoms with Crippen LogP contribution in [0, 0.1) is 0 Å². The van der Waals surface area contributed by atoms with Gasteiger partial charge in [-0.15, -0.1) is 0 Å². The van der Waals surface area contributed by atoms with E-state index in [9.17, 15) is 9.90 Å². The third kappa shape index (κ3) is 3.12. The Hall–Kier alpha value is -2.66. The third-order valence-corrected chi connectivity index (χ3v) is 6.82. The molecular weight excluding hydrogens is 379 g/mol. The van der Waals surface area contributed by atoms with Crippen LogP contribution in [0.3, 0.4) is 0 Å². The number of benzene rings is 2. The molecule has 2 aliphatic rings. The minimum absolute atomic E-state index is 0.140. The lowest BCUT2D eigenvalue weighted by Crippen LogP contribution is -2.26. The van der Waals surface area contributed by atoms with Gasteiger partial charge in [0.15, 0.2) is 0 Å². The monoisotopic (exact) mass is 406 g/mol. The predicted octanol–water partition coefficient (Wildman–Crippen LogP) is 5.45. The Labute approximate surface area is 175 Å². The number of alkyl halides is 1. The summed E-state index contributed by atoms with van der Waals surface area (Å²) in [5.41, 5.74) is 5.72. The number of aromatic carboxylic acids is 1. The summed E-state index contributed by atoms with van der Waals surface area (Å²) >= 11 is 0. The number of aromatic nitrogens is 1. The average Bonchev–Trinajstić information content (AvgIpc) is 3.04. The van der Waals surface area contributed by atoms with Gasteiger partial charge in [0.05, 0.1) is 11.3 Å². The van der Waals surface area contributed by atoms with Gasteiger partial charge < -0.3 is 14.6 Å². The molecule has 1 N–H and O–H groups in total. The standard InChI is InChI=1S/C25H27FN2O2/c1-27-12-13-28-22-14-16(25(29)30)10-11-20(22)23(19-8-4-5-9-21(19)26)24(28)18-7-3-2-6-17(18)15-27/h2-3,6-7,10-11,14,19,21H,4-5,8-9,12-13,15H2,1H3,(H,29,30)/t19-,21-/m0/s1. The molecule has 0 saturated heterocycles. The van der Waals surface area contributed by atoms with Crippen molar-refractivity contribution in [1.29, 1.82) is 0 Å². The number of nitrogens with zero attached hydrogens (tertiary/aromatic N) is 2. The highest BCUT2D eigenvalue weighted by molar-refractivity contribution is 5.98. The van der Waals surface area contributed by atoms with Crippen molar-refractivity contribution < 1.29 is 14.3 Å². The summed E-state index contributed by atoms with van der Waals surface area (Å²) in [4.78, 5) is 14.0. The van der Waals surface area contributed by atoms with Crippen LogP contribution in [0.1, 0.15) is 53.1 Å². The molecule has 0 unspecified atom stereocenters. The minimum atomic E-state index is -0.932. The van der Waals surface area contributed by atoms with Gasteiger partial charge in [0.2, 0.25) is 0 Å². The molecule has 1 aromatic heterocycles. The summed E-state index contributed by atoms with van der Waals surface area (Å²) in [6.07, 6.45) is 2.57. The van der Waals surface area contributed by atoms with Crippen molar-refractivity contribution >= 4 is 16.9 Å². The summed E-state index contributed by atoms with van der Waals surface area (Å²) in [5.74, 6) is -1.07. The molecule has 3 aromatic rings. The molecule has 0 amide bonds. The lowest BCUT2D eigenvalue weighted by Gasteiger charge is -2.29. The number of halogens is 1. The lowest BCUT2D eigenvalue weighted by molar-refractivity contribution is 0.0697. The van der Waals surface area contributed by atoms with Crippen LogP contribution in [-0.4, -0.2) is 40.3 Å². The van der Waals surface area contributed by atoms with Crippen LogP contribution >= 0.6 is 0 Å². The molecule has 5 rings (SSSR count). The number of carboxylic acid groups (broad SMARTS) is 1. The zero-order valence-corrected chi connectivity index (χ0v) is 17.3. The van der Waals surface area contributed by atoms with Crippen LogP contribution in [0.25, 0.3) is 22.2 Å². The van der Waals surface area contributed by atoms with Crippen LogP contribution in [-0.2, 0) is 13.1 Å². The molecular formula is C25H27FN2O2. The number of hydrogen-bond donors (Lipinski definition) is 1. The first-order valence-corrected chi connectivity index (χ1v) is 10.8. The Morgan fingerprint density at radius 2 is 1.90 bits per heavy atom. The highest BCUT2D eigenvalue weighted by Crippen LogP contribution is 2.46. The highest BCUT2D eigenvalue weighted by atomic mass is 19.1. The zero-order chi connectivity index (χ0) is 20.8. The van der Waals surface area contributed by atoms with Crippen LogP contribution in [0.4, 0.5) is 4.39 Å². The maximum Gasteiger partial charge on any atom is 0.335 e. The molecule has 30 heavy (non-hydrogen) atoms. The maximum absolute atomic E-state index is 15.2. The minimum Gasteiger partial charge on any atom is -0.478 e. The van der Waals surface area contributed by atoms with E-state index in [1.165, 1.54) is 5.56 Å². The Balaban J connectivity index is 1.85. The first-order valence-electron chi connectivity index (χ1n) is 10.8. The van der Waals surface area contributed by atoms with Crippen LogP contribution in [0.2, 0.25) is 0 Å². The summed E-state index contributed by atoms with van der Waals surface area (Å²) in [5, 5.41) is 10.6. The first kappa shape index (κ1) is 19.3. The van der Waals surface area contributed by atoms with E-state index in [1.54, 1.807) is 12.1 Å². The van der Waals surface area contributed by atoms with E-state index in [4.69, 9.17) is 0 Å². The Bertz CT molecular complexity index is 1120. The molecule has 1 aliphatic heterocycles. The molecule has 1 saturated carbocycles. The van der Waals surface area contributed by atoms with Gasteiger partial charge in [-0.2, -0.15) is 0 Å². The van der Waals surface area contributed by atoms with Gasteiger partial charge in [-0.05, 0) is 43.1 Å². The Morgan fingerprint density at radius 3 is 2.70 bits per heavy atom. The van der Waals surface area contributed by atoms with E-state index in [2.05, 4.69) is 34.7 Å². The number of likely N-dealkylation sites (N-methyl/N-ethyl adjacent to an activating group) is 1. The fraction of sp³-hybridized carbons (Fsp3) is 0.400. The maximum atomic E-state index is 15.2. The molecule has 0 spiro atoms. The van der Waals surface area contributed by atoms with Gasteiger partial charge in [0.1, 0.15) is 6.17 Å². The fourth-order valence-electron chi connectivity index (χ4n) is 5.35. The van der Waals surface area contributed by atoms with Gasteiger partial charge in [-0.25, -0.2) is 9.18 Å². The van der Waals surface area contributed by atoms with Crippen molar-refractivity contribution in [3.63, 3.8) is 0 Å². The van der Waals surface area contributed by atoms with Crippen molar-refractivity contribution in [2.45, 2.75) is 50.9 Å². The molecule has 156 valence electrons. The summed E-state index contributed by atoms with van der Waals surface area (Å²) in [6, 6.07) is 13.7. The van der Waals surface area contributed by atoms with E-state index < -0.39 is 12.1 Å². The molecule has 0 radical (unpaired) electrons. The van der Waals surface area contributed by atoms with E-state index in [0.717, 1.165) is 66.6 Å². The number of carboxylic acids is 1. The topological polar surface area (TPSA) is 45.5 Å². The second-order valence-corrected chi connectivity index (χ2v) is 8.75. The van der Waals surface area contributed by atoms with Crippen molar-refractivity contribution in [2.75, 3.05) is 13.6 Å². The number of rotatable bonds is 2. The second kappa shape index (κ2) is 7.55. The van der Waals surface area contributed by atoms with E-state index in [-0.39, 0.29) is 11.5 Å². The van der Waals surface area contributed by atoms with Gasteiger partial charge in [-0.3, -0.25) is 0 Å². The van der Waals surface area contributed by atoms with E-state index >= 15 is 4.39 Å². The molecule has 1 aliphatic carbocycles. The largest absolute Gasteiger partial charge is 0.478 e. The number of carbonyl (C=O) groups is 1. The Kier molecular flexibility index (Phi) is 4.86. The zero-order valence-electron chi connectivity index (χ0n) is 17.3. The summed E-state index contributed by atoms with van der Waals surface area (Å²) in [6.45, 7) is 2.45.